The van der Waals surface area contributed by atoms with Crippen molar-refractivity contribution < 1.29 is 4.74 Å². The summed E-state index contributed by atoms with van der Waals surface area (Å²) in [5, 5.41) is 6.29. The maximum absolute atomic E-state index is 5.88. The molecule has 0 saturated heterocycles. The number of nitrogens with one attached hydrogen (secondary N) is 2. The molecule has 0 atom stereocenters. The van der Waals surface area contributed by atoms with Crippen LogP contribution in [0.25, 0.3) is 0 Å². The van der Waals surface area contributed by atoms with E-state index in [0.717, 1.165) is 0 Å². The van der Waals surface area contributed by atoms with Gasteiger partial charge < -0.3 is 21.1 Å². The fourth-order valence-electron chi connectivity index (χ4n) is 1.72. The first kappa shape index (κ1) is 15.8. The van der Waals surface area contributed by atoms with E-state index < -0.39 is 0 Å². The van der Waals surface area contributed by atoms with E-state index in [2.05, 4.69) is 25.6 Å². The second-order valence-electron chi connectivity index (χ2n) is 5.50. The minimum absolute atomic E-state index is 0.194. The summed E-state index contributed by atoms with van der Waals surface area (Å²) in [6, 6.07) is 7.80. The van der Waals surface area contributed by atoms with Crippen molar-refractivity contribution in [2.24, 2.45) is 0 Å². The molecule has 0 spiro atoms. The molecule has 0 fully saturated rings. The maximum atomic E-state index is 5.88. The van der Waals surface area contributed by atoms with Crippen LogP contribution in [0.1, 0.15) is 27.7 Å². The Kier molecular flexibility index (Phi) is 4.98. The average Bonchev–Trinajstić information content (AvgIpc) is 2.39. The molecular weight excluding hydrogens is 280 g/mol. The van der Waals surface area contributed by atoms with E-state index in [4.69, 9.17) is 10.5 Å². The van der Waals surface area contributed by atoms with Crippen LogP contribution in [0.2, 0.25) is 0 Å². The number of hydrogen-bond acceptors (Lipinski definition) is 7. The minimum Gasteiger partial charge on any atom is -0.422 e. The van der Waals surface area contributed by atoms with Crippen molar-refractivity contribution in [2.75, 3.05) is 16.4 Å². The molecule has 0 bridgehead atoms. The van der Waals surface area contributed by atoms with Crippen LogP contribution in [0.3, 0.4) is 0 Å². The number of anilines is 3. The van der Waals surface area contributed by atoms with Gasteiger partial charge in [-0.1, -0.05) is 12.1 Å². The Morgan fingerprint density at radius 3 is 1.95 bits per heavy atom. The Morgan fingerprint density at radius 2 is 1.45 bits per heavy atom. The second-order valence-corrected chi connectivity index (χ2v) is 5.50. The van der Waals surface area contributed by atoms with Gasteiger partial charge in [0.2, 0.25) is 11.9 Å². The molecular formula is C15H22N6O. The van der Waals surface area contributed by atoms with E-state index in [0.29, 0.717) is 23.3 Å². The molecule has 0 amide bonds. The van der Waals surface area contributed by atoms with Gasteiger partial charge in [0.15, 0.2) is 5.75 Å². The third-order valence-corrected chi connectivity index (χ3v) is 2.57. The molecule has 22 heavy (non-hydrogen) atoms. The van der Waals surface area contributed by atoms with Gasteiger partial charge in [-0.3, -0.25) is 0 Å². The molecule has 0 aliphatic carbocycles. The number of hydrogen-bond donors (Lipinski definition) is 3. The fourth-order valence-corrected chi connectivity index (χ4v) is 1.72. The lowest BCUT2D eigenvalue weighted by atomic mass is 10.3. The molecule has 2 aromatic rings. The predicted octanol–water partition coefficient (Wildman–Crippen LogP) is 2.89. The van der Waals surface area contributed by atoms with Crippen molar-refractivity contribution >= 4 is 17.6 Å². The molecule has 1 heterocycles. The largest absolute Gasteiger partial charge is 0.422 e. The van der Waals surface area contributed by atoms with Crippen LogP contribution in [-0.2, 0) is 0 Å². The summed E-state index contributed by atoms with van der Waals surface area (Å²) in [6.07, 6.45) is 0. The highest BCUT2D eigenvalue weighted by atomic mass is 16.5. The fraction of sp³-hybridized carbons (Fsp3) is 0.400. The first-order valence-corrected chi connectivity index (χ1v) is 7.25. The molecule has 118 valence electrons. The van der Waals surface area contributed by atoms with E-state index in [-0.39, 0.29) is 18.1 Å². The van der Waals surface area contributed by atoms with Crippen LogP contribution in [0, 0.1) is 0 Å². The van der Waals surface area contributed by atoms with E-state index in [1.807, 2.05) is 39.8 Å². The summed E-state index contributed by atoms with van der Waals surface area (Å²) in [6.45, 7) is 8.04. The molecule has 1 aromatic heterocycles. The van der Waals surface area contributed by atoms with Crippen molar-refractivity contribution in [1.82, 2.24) is 15.0 Å². The first-order chi connectivity index (χ1) is 10.4. The Hall–Kier alpha value is -2.57. The molecule has 0 unspecified atom stereocenters. The van der Waals surface area contributed by atoms with Gasteiger partial charge in [0.1, 0.15) is 0 Å². The summed E-state index contributed by atoms with van der Waals surface area (Å²) in [5.74, 6) is 1.43. The van der Waals surface area contributed by atoms with Gasteiger partial charge in [-0.05, 0) is 39.8 Å². The number of aromatic nitrogens is 3. The lowest BCUT2D eigenvalue weighted by molar-refractivity contribution is 0.443. The summed E-state index contributed by atoms with van der Waals surface area (Å²) >= 11 is 0. The number of nitrogens with two attached hydrogens (primary N) is 1. The SMILES string of the molecule is CC(C)Nc1nc(NC(C)C)nc(Oc2ccccc2N)n1. The topological polar surface area (TPSA) is 98.0 Å². The monoisotopic (exact) mass is 302 g/mol. The highest BCUT2D eigenvalue weighted by Gasteiger charge is 2.11. The quantitative estimate of drug-likeness (QED) is 0.706. The Balaban J connectivity index is 2.30. The van der Waals surface area contributed by atoms with Gasteiger partial charge in [-0.2, -0.15) is 15.0 Å². The molecule has 1 aromatic carbocycles. The normalized spacial score (nSPS) is 10.8. The van der Waals surface area contributed by atoms with Crippen molar-refractivity contribution in [3.05, 3.63) is 24.3 Å². The standard InChI is InChI=1S/C15H22N6O/c1-9(2)17-13-19-14(18-10(3)4)21-15(20-13)22-12-8-6-5-7-11(12)16/h5-10H,16H2,1-4H3,(H2,17,18,19,20,21). The van der Waals surface area contributed by atoms with Gasteiger partial charge in [0.25, 0.3) is 0 Å². The maximum Gasteiger partial charge on any atom is 0.328 e. The van der Waals surface area contributed by atoms with Gasteiger partial charge in [-0.15, -0.1) is 0 Å². The zero-order chi connectivity index (χ0) is 16.1. The highest BCUT2D eigenvalue weighted by Crippen LogP contribution is 2.25. The van der Waals surface area contributed by atoms with Crippen molar-refractivity contribution in [2.45, 2.75) is 39.8 Å². The van der Waals surface area contributed by atoms with Crippen LogP contribution in [0.15, 0.2) is 24.3 Å². The molecule has 7 heteroatoms. The number of nitrogens with zero attached hydrogens (tertiary/aromatic N) is 3. The van der Waals surface area contributed by atoms with Crippen molar-refractivity contribution in [3.63, 3.8) is 0 Å². The number of benzene rings is 1. The predicted molar refractivity (Wildman–Crippen MR) is 88.3 cm³/mol. The zero-order valence-electron chi connectivity index (χ0n) is 13.3. The Labute approximate surface area is 130 Å². The van der Waals surface area contributed by atoms with Gasteiger partial charge in [0, 0.05) is 12.1 Å². The molecule has 0 aliphatic rings. The third-order valence-electron chi connectivity index (χ3n) is 2.57. The highest BCUT2D eigenvalue weighted by molar-refractivity contribution is 5.53. The number of ether oxygens (including phenoxy) is 1. The summed E-state index contributed by atoms with van der Waals surface area (Å²) in [7, 11) is 0. The van der Waals surface area contributed by atoms with Gasteiger partial charge in [0.05, 0.1) is 5.69 Å². The molecule has 4 N–H and O–H groups in total. The Morgan fingerprint density at radius 1 is 0.909 bits per heavy atom. The second kappa shape index (κ2) is 6.93. The summed E-state index contributed by atoms with van der Waals surface area (Å²) < 4.78 is 5.69. The molecule has 2 rings (SSSR count). The smallest absolute Gasteiger partial charge is 0.328 e. The van der Waals surface area contributed by atoms with E-state index >= 15 is 0 Å². The number of para-hydroxylation sites is 2. The average molecular weight is 302 g/mol. The molecule has 7 nitrogen and oxygen atoms in total. The third kappa shape index (κ3) is 4.47. The lowest BCUT2D eigenvalue weighted by Crippen LogP contribution is -2.17. The van der Waals surface area contributed by atoms with E-state index in [1.54, 1.807) is 12.1 Å². The van der Waals surface area contributed by atoms with Crippen LogP contribution < -0.4 is 21.1 Å². The molecule has 0 radical (unpaired) electrons. The lowest BCUT2D eigenvalue weighted by Gasteiger charge is -2.14. The van der Waals surface area contributed by atoms with Gasteiger partial charge >= 0.3 is 6.01 Å². The minimum atomic E-state index is 0.194. The molecule has 0 saturated carbocycles. The van der Waals surface area contributed by atoms with Crippen LogP contribution >= 0.6 is 0 Å². The van der Waals surface area contributed by atoms with Gasteiger partial charge in [-0.25, -0.2) is 0 Å². The van der Waals surface area contributed by atoms with Crippen molar-refractivity contribution in [1.29, 1.82) is 0 Å². The number of rotatable bonds is 6. The molecule has 0 aliphatic heterocycles. The summed E-state index contributed by atoms with van der Waals surface area (Å²) in [5.41, 5.74) is 6.41. The van der Waals surface area contributed by atoms with Crippen LogP contribution in [-0.4, -0.2) is 27.0 Å². The zero-order valence-corrected chi connectivity index (χ0v) is 13.3. The summed E-state index contributed by atoms with van der Waals surface area (Å²) in [4.78, 5) is 12.9. The van der Waals surface area contributed by atoms with E-state index in [9.17, 15) is 0 Å². The number of nitrogen functional groups attached to an aromatic ring is 1. The first-order valence-electron chi connectivity index (χ1n) is 7.25. The van der Waals surface area contributed by atoms with Crippen LogP contribution in [0.4, 0.5) is 17.6 Å². The Bertz CT molecular complexity index is 601. The van der Waals surface area contributed by atoms with E-state index in [1.165, 1.54) is 0 Å². The van der Waals surface area contributed by atoms with Crippen LogP contribution in [0.5, 0.6) is 11.8 Å². The van der Waals surface area contributed by atoms with Crippen molar-refractivity contribution in [3.8, 4) is 11.8 Å².